The second kappa shape index (κ2) is 10.1. The molecule has 0 radical (unpaired) electrons. The van der Waals surface area contributed by atoms with Gasteiger partial charge in [0.05, 0.1) is 34.8 Å². The molecule has 1 aromatic heterocycles. The maximum Gasteiger partial charge on any atom is 0.135 e. The van der Waals surface area contributed by atoms with Crippen molar-refractivity contribution in [3.8, 4) is 17.0 Å². The van der Waals surface area contributed by atoms with Gasteiger partial charge < -0.3 is 19.1 Å². The molecule has 0 fully saturated rings. The maximum atomic E-state index is 10.00. The summed E-state index contributed by atoms with van der Waals surface area (Å²) in [5.74, 6) is 1.88. The van der Waals surface area contributed by atoms with E-state index < -0.39 is 5.60 Å². The predicted octanol–water partition coefficient (Wildman–Crippen LogP) is 4.39. The van der Waals surface area contributed by atoms with Crippen molar-refractivity contribution in [2.75, 3.05) is 18.7 Å². The number of nitrogens with zero attached hydrogens (tertiary/aromatic N) is 2. The minimum Gasteiger partial charge on any atom is -0.493 e. The van der Waals surface area contributed by atoms with Gasteiger partial charge in [0.2, 0.25) is 0 Å². The topological polar surface area (TPSA) is 88.8 Å². The number of anilines is 1. The van der Waals surface area contributed by atoms with Gasteiger partial charge in [-0.1, -0.05) is 19.9 Å². The highest BCUT2D eigenvalue weighted by atomic mass is 16.5. The fourth-order valence-corrected chi connectivity index (χ4v) is 3.21. The highest BCUT2D eigenvalue weighted by Crippen LogP contribution is 2.39. The van der Waals surface area contributed by atoms with E-state index in [4.69, 9.17) is 14.5 Å². The number of ether oxygens (including phenoxy) is 2. The van der Waals surface area contributed by atoms with Crippen LogP contribution in [0.1, 0.15) is 52.6 Å². The van der Waals surface area contributed by atoms with Gasteiger partial charge in [0.15, 0.2) is 0 Å². The smallest absolute Gasteiger partial charge is 0.135 e. The van der Waals surface area contributed by atoms with Gasteiger partial charge in [-0.05, 0) is 45.7 Å². The molecule has 0 aliphatic carbocycles. The van der Waals surface area contributed by atoms with Crippen LogP contribution in [0.2, 0.25) is 0 Å². The Hall–Kier alpha value is -2.09. The summed E-state index contributed by atoms with van der Waals surface area (Å²) < 4.78 is 13.8. The molecule has 1 aromatic carbocycles. The van der Waals surface area contributed by atoms with E-state index in [2.05, 4.69) is 23.9 Å². The third-order valence-electron chi connectivity index (χ3n) is 4.56. The number of aryl methyl sites for hydroxylation is 1. The summed E-state index contributed by atoms with van der Waals surface area (Å²) in [4.78, 5) is 4.75. The first-order valence-electron chi connectivity index (χ1n) is 10.2. The van der Waals surface area contributed by atoms with E-state index in [1.165, 1.54) is 0 Å². The molecule has 1 heterocycles. The molecular formula is C22H35N3O4. The summed E-state index contributed by atoms with van der Waals surface area (Å²) in [5, 5.41) is 19.8. The van der Waals surface area contributed by atoms with Crippen LogP contribution in [0.15, 0.2) is 18.2 Å². The van der Waals surface area contributed by atoms with Crippen LogP contribution in [0.3, 0.4) is 0 Å². The van der Waals surface area contributed by atoms with Crippen LogP contribution in [0, 0.1) is 12.8 Å². The van der Waals surface area contributed by atoms with E-state index in [-0.39, 0.29) is 0 Å². The van der Waals surface area contributed by atoms with E-state index in [1.807, 2.05) is 26.0 Å². The van der Waals surface area contributed by atoms with Crippen molar-refractivity contribution < 1.29 is 19.8 Å². The Morgan fingerprint density at radius 3 is 2.59 bits per heavy atom. The molecule has 7 heteroatoms. The average Bonchev–Trinajstić information content (AvgIpc) is 2.93. The van der Waals surface area contributed by atoms with Gasteiger partial charge in [0, 0.05) is 19.6 Å². The zero-order valence-electron chi connectivity index (χ0n) is 18.5. The number of imidazole rings is 1. The fraction of sp³-hybridized carbons (Fsp3) is 0.591. The molecule has 0 aliphatic rings. The van der Waals surface area contributed by atoms with Gasteiger partial charge >= 0.3 is 0 Å². The standard InChI is InChI=1S/C22H35N3O4/c1-7-28-14-19-23-16(4)21(25(19)13-15(2)3)20-17(24-27)9-8-10-18(20)29-12-11-22(5,6)26/h8-10,15,24,26-27H,7,11-14H2,1-6H3. The molecule has 3 N–H and O–H groups in total. The van der Waals surface area contributed by atoms with Crippen molar-refractivity contribution in [3.63, 3.8) is 0 Å². The molecule has 2 rings (SSSR count). The third-order valence-corrected chi connectivity index (χ3v) is 4.56. The number of aliphatic hydroxyl groups is 1. The van der Waals surface area contributed by atoms with Crippen molar-refractivity contribution in [2.45, 2.75) is 66.7 Å². The molecule has 0 saturated carbocycles. The lowest BCUT2D eigenvalue weighted by Gasteiger charge is -2.21. The molecule has 2 aromatic rings. The van der Waals surface area contributed by atoms with Gasteiger partial charge in [-0.25, -0.2) is 4.98 Å². The molecule has 0 atom stereocenters. The van der Waals surface area contributed by atoms with Crippen molar-refractivity contribution in [1.29, 1.82) is 0 Å². The van der Waals surface area contributed by atoms with E-state index in [0.29, 0.717) is 43.6 Å². The summed E-state index contributed by atoms with van der Waals surface area (Å²) in [6.07, 6.45) is 0.489. The van der Waals surface area contributed by atoms with Crippen LogP contribution in [-0.2, 0) is 17.9 Å². The number of hydrogen-bond donors (Lipinski definition) is 3. The molecule has 0 saturated heterocycles. The zero-order chi connectivity index (χ0) is 21.6. The Labute approximate surface area is 173 Å². The summed E-state index contributed by atoms with van der Waals surface area (Å²) in [6, 6.07) is 5.49. The van der Waals surface area contributed by atoms with Crippen molar-refractivity contribution in [3.05, 3.63) is 29.7 Å². The number of benzene rings is 1. The van der Waals surface area contributed by atoms with Gasteiger partial charge in [0.25, 0.3) is 0 Å². The fourth-order valence-electron chi connectivity index (χ4n) is 3.21. The predicted molar refractivity (Wildman–Crippen MR) is 114 cm³/mol. The normalized spacial score (nSPS) is 11.9. The first kappa shape index (κ1) is 23.2. The van der Waals surface area contributed by atoms with Crippen LogP contribution in [0.25, 0.3) is 11.3 Å². The molecule has 0 aliphatic heterocycles. The minimum absolute atomic E-state index is 0.356. The van der Waals surface area contributed by atoms with E-state index in [9.17, 15) is 10.3 Å². The second-order valence-corrected chi connectivity index (χ2v) is 8.31. The molecule has 0 bridgehead atoms. The molecule has 162 valence electrons. The summed E-state index contributed by atoms with van der Waals surface area (Å²) in [5.41, 5.74) is 4.51. The molecule has 0 amide bonds. The lowest BCUT2D eigenvalue weighted by molar-refractivity contribution is 0.0554. The Bertz CT molecular complexity index is 794. The maximum absolute atomic E-state index is 10.00. The van der Waals surface area contributed by atoms with Crippen molar-refractivity contribution in [2.24, 2.45) is 5.92 Å². The van der Waals surface area contributed by atoms with Crippen LogP contribution in [0.5, 0.6) is 5.75 Å². The Kier molecular flexibility index (Phi) is 8.07. The monoisotopic (exact) mass is 405 g/mol. The lowest BCUT2D eigenvalue weighted by Crippen LogP contribution is -2.22. The van der Waals surface area contributed by atoms with Crippen molar-refractivity contribution >= 4 is 5.69 Å². The Balaban J connectivity index is 2.55. The minimum atomic E-state index is -0.813. The largest absolute Gasteiger partial charge is 0.493 e. The van der Waals surface area contributed by atoms with Crippen LogP contribution < -0.4 is 10.2 Å². The molecular weight excluding hydrogens is 370 g/mol. The molecule has 29 heavy (non-hydrogen) atoms. The zero-order valence-corrected chi connectivity index (χ0v) is 18.5. The van der Waals surface area contributed by atoms with Crippen LogP contribution in [0.4, 0.5) is 5.69 Å². The first-order chi connectivity index (χ1) is 13.7. The number of hydrogen-bond acceptors (Lipinski definition) is 6. The number of rotatable bonds is 11. The highest BCUT2D eigenvalue weighted by molar-refractivity contribution is 5.82. The SMILES string of the molecule is CCOCc1nc(C)c(-c2c(NO)cccc2OCCC(C)(C)O)n1CC(C)C. The summed E-state index contributed by atoms with van der Waals surface area (Å²) in [7, 11) is 0. The van der Waals surface area contributed by atoms with Gasteiger partial charge in [-0.2, -0.15) is 0 Å². The number of nitrogens with one attached hydrogen (secondary N) is 1. The molecule has 0 spiro atoms. The van der Waals surface area contributed by atoms with Gasteiger partial charge in [-0.15, -0.1) is 0 Å². The van der Waals surface area contributed by atoms with Gasteiger partial charge in [0.1, 0.15) is 18.2 Å². The summed E-state index contributed by atoms with van der Waals surface area (Å²) >= 11 is 0. The number of aromatic nitrogens is 2. The van der Waals surface area contributed by atoms with Crippen LogP contribution in [-0.4, -0.2) is 38.7 Å². The molecule has 0 unspecified atom stereocenters. The third kappa shape index (κ3) is 6.19. The van der Waals surface area contributed by atoms with E-state index in [0.717, 1.165) is 29.3 Å². The lowest BCUT2D eigenvalue weighted by atomic mass is 10.0. The quantitative estimate of drug-likeness (QED) is 0.481. The van der Waals surface area contributed by atoms with Gasteiger partial charge in [-0.3, -0.25) is 10.7 Å². The second-order valence-electron chi connectivity index (χ2n) is 8.31. The van der Waals surface area contributed by atoms with E-state index >= 15 is 0 Å². The molecule has 7 nitrogen and oxygen atoms in total. The first-order valence-corrected chi connectivity index (χ1v) is 10.2. The average molecular weight is 406 g/mol. The highest BCUT2D eigenvalue weighted by Gasteiger charge is 2.23. The Morgan fingerprint density at radius 1 is 1.28 bits per heavy atom. The summed E-state index contributed by atoms with van der Waals surface area (Å²) in [6.45, 7) is 13.9. The van der Waals surface area contributed by atoms with Crippen LogP contribution >= 0.6 is 0 Å². The van der Waals surface area contributed by atoms with E-state index in [1.54, 1.807) is 19.9 Å². The van der Waals surface area contributed by atoms with Crippen molar-refractivity contribution in [1.82, 2.24) is 9.55 Å². The Morgan fingerprint density at radius 2 is 2.00 bits per heavy atom.